The summed E-state index contributed by atoms with van der Waals surface area (Å²) < 4.78 is 6.36. The topological polar surface area (TPSA) is 92.9 Å². The summed E-state index contributed by atoms with van der Waals surface area (Å²) in [6.07, 6.45) is 1.53. The highest BCUT2D eigenvalue weighted by Gasteiger charge is 2.19. The molecule has 3 aromatic rings. The summed E-state index contributed by atoms with van der Waals surface area (Å²) >= 11 is 0. The summed E-state index contributed by atoms with van der Waals surface area (Å²) in [4.78, 5) is 28.8. The zero-order chi connectivity index (χ0) is 18.0. The van der Waals surface area contributed by atoms with Crippen molar-refractivity contribution in [2.45, 2.75) is 13.5 Å². The van der Waals surface area contributed by atoms with Gasteiger partial charge in [0.15, 0.2) is 5.56 Å². The number of hydrogen-bond donors (Lipinski definition) is 2. The monoisotopic (exact) mass is 339 g/mol. The van der Waals surface area contributed by atoms with Crippen LogP contribution in [0.25, 0.3) is 5.65 Å². The Morgan fingerprint density at radius 3 is 2.88 bits per heavy atom. The van der Waals surface area contributed by atoms with E-state index in [-0.39, 0.29) is 17.8 Å². The number of carbonyl (C=O) groups is 1. The number of carbonyl (C=O) groups excluding carboxylic acids is 1. The minimum absolute atomic E-state index is 0.186. The molecule has 0 spiro atoms. The molecule has 0 fully saturated rings. The van der Waals surface area contributed by atoms with Crippen molar-refractivity contribution in [3.05, 3.63) is 69.6 Å². The van der Waals surface area contributed by atoms with Crippen LogP contribution >= 0.6 is 0 Å². The molecule has 25 heavy (non-hydrogen) atoms. The largest absolute Gasteiger partial charge is 0.497 e. The van der Waals surface area contributed by atoms with Crippen LogP contribution in [0.5, 0.6) is 11.6 Å². The van der Waals surface area contributed by atoms with Gasteiger partial charge in [0.05, 0.1) is 7.11 Å². The number of hydrogen-bond acceptors (Lipinski definition) is 5. The third-order valence-corrected chi connectivity index (χ3v) is 3.78. The van der Waals surface area contributed by atoms with E-state index in [0.717, 1.165) is 11.1 Å². The molecule has 0 bridgehead atoms. The molecular formula is C18H17N3O4. The summed E-state index contributed by atoms with van der Waals surface area (Å²) in [7, 11) is 1.55. The van der Waals surface area contributed by atoms with Crippen molar-refractivity contribution in [2.24, 2.45) is 0 Å². The number of aromatic nitrogens is 2. The quantitative estimate of drug-likeness (QED) is 0.754. The third-order valence-electron chi connectivity index (χ3n) is 3.78. The number of amides is 1. The number of fused-ring (bicyclic) bond motifs is 1. The first-order chi connectivity index (χ1) is 12.0. The number of aryl methyl sites for hydroxylation is 1. The van der Waals surface area contributed by atoms with Crippen molar-refractivity contribution in [3.63, 3.8) is 0 Å². The summed E-state index contributed by atoms with van der Waals surface area (Å²) in [5, 5.41) is 12.6. The van der Waals surface area contributed by atoms with Crippen LogP contribution in [0.15, 0.2) is 47.4 Å². The van der Waals surface area contributed by atoms with Crippen LogP contribution < -0.4 is 15.6 Å². The van der Waals surface area contributed by atoms with Gasteiger partial charge >= 0.3 is 0 Å². The smallest absolute Gasteiger partial charge is 0.274 e. The van der Waals surface area contributed by atoms with Gasteiger partial charge in [-0.05, 0) is 42.3 Å². The van der Waals surface area contributed by atoms with Gasteiger partial charge in [-0.2, -0.15) is 4.98 Å². The molecule has 7 heteroatoms. The lowest BCUT2D eigenvalue weighted by molar-refractivity contribution is 0.0945. The van der Waals surface area contributed by atoms with Crippen LogP contribution in [0.1, 0.15) is 21.5 Å². The average Bonchev–Trinajstić information content (AvgIpc) is 2.59. The maximum absolute atomic E-state index is 12.5. The Balaban J connectivity index is 1.89. The van der Waals surface area contributed by atoms with Crippen molar-refractivity contribution >= 4 is 11.6 Å². The van der Waals surface area contributed by atoms with Crippen molar-refractivity contribution in [1.29, 1.82) is 0 Å². The Kier molecular flexibility index (Phi) is 4.38. The molecule has 0 atom stereocenters. The van der Waals surface area contributed by atoms with E-state index >= 15 is 0 Å². The van der Waals surface area contributed by atoms with Gasteiger partial charge in [-0.1, -0.05) is 12.1 Å². The number of aromatic hydroxyl groups is 1. The number of pyridine rings is 1. The lowest BCUT2D eigenvalue weighted by Crippen LogP contribution is -2.31. The molecule has 2 aromatic heterocycles. The van der Waals surface area contributed by atoms with Crippen molar-refractivity contribution in [1.82, 2.24) is 14.7 Å². The van der Waals surface area contributed by atoms with Crippen molar-refractivity contribution < 1.29 is 14.6 Å². The summed E-state index contributed by atoms with van der Waals surface area (Å²) in [5.74, 6) is -0.607. The predicted molar refractivity (Wildman–Crippen MR) is 92.0 cm³/mol. The molecule has 0 aliphatic heterocycles. The molecule has 2 N–H and O–H groups in total. The first-order valence-corrected chi connectivity index (χ1v) is 7.62. The molecule has 1 amide bonds. The van der Waals surface area contributed by atoms with E-state index in [1.165, 1.54) is 10.6 Å². The summed E-state index contributed by atoms with van der Waals surface area (Å²) in [6, 6.07) is 10.6. The standard InChI is InChI=1S/C18H17N3O4/c1-11-6-7-21-14(8-11)20-17(23)15(18(21)24)16(22)19-10-12-4-3-5-13(9-12)25-2/h3-9,23H,10H2,1-2H3,(H,19,22). The van der Waals surface area contributed by atoms with Gasteiger partial charge in [0.1, 0.15) is 11.4 Å². The van der Waals surface area contributed by atoms with Crippen LogP contribution in [-0.4, -0.2) is 27.5 Å². The van der Waals surface area contributed by atoms with Gasteiger partial charge in [-0.3, -0.25) is 14.0 Å². The fourth-order valence-electron chi connectivity index (χ4n) is 2.48. The second kappa shape index (κ2) is 6.64. The maximum atomic E-state index is 12.5. The number of nitrogens with one attached hydrogen (secondary N) is 1. The highest BCUT2D eigenvalue weighted by atomic mass is 16.5. The van der Waals surface area contributed by atoms with E-state index in [1.807, 2.05) is 13.0 Å². The first-order valence-electron chi connectivity index (χ1n) is 7.62. The van der Waals surface area contributed by atoms with Gasteiger partial charge in [0.2, 0.25) is 5.88 Å². The van der Waals surface area contributed by atoms with Crippen LogP contribution in [0.3, 0.4) is 0 Å². The molecule has 0 saturated carbocycles. The Hall–Kier alpha value is -3.35. The molecular weight excluding hydrogens is 322 g/mol. The van der Waals surface area contributed by atoms with Gasteiger partial charge in [0.25, 0.3) is 11.5 Å². The second-order valence-corrected chi connectivity index (χ2v) is 5.58. The molecule has 1 aromatic carbocycles. The zero-order valence-electron chi connectivity index (χ0n) is 13.8. The van der Waals surface area contributed by atoms with Crippen molar-refractivity contribution in [2.75, 3.05) is 7.11 Å². The average molecular weight is 339 g/mol. The van der Waals surface area contributed by atoms with E-state index < -0.39 is 17.3 Å². The normalized spacial score (nSPS) is 10.6. The van der Waals surface area contributed by atoms with Gasteiger partial charge < -0.3 is 15.2 Å². The minimum atomic E-state index is -0.687. The van der Waals surface area contributed by atoms with E-state index in [9.17, 15) is 14.7 Å². The number of methoxy groups -OCH3 is 1. The Morgan fingerprint density at radius 1 is 1.32 bits per heavy atom. The van der Waals surface area contributed by atoms with E-state index in [4.69, 9.17) is 4.74 Å². The number of rotatable bonds is 4. The highest BCUT2D eigenvalue weighted by Crippen LogP contribution is 2.14. The maximum Gasteiger partial charge on any atom is 0.274 e. The second-order valence-electron chi connectivity index (χ2n) is 5.58. The number of nitrogens with zero attached hydrogens (tertiary/aromatic N) is 2. The lowest BCUT2D eigenvalue weighted by Gasteiger charge is -2.09. The zero-order valence-corrected chi connectivity index (χ0v) is 13.8. The highest BCUT2D eigenvalue weighted by molar-refractivity contribution is 5.96. The summed E-state index contributed by atoms with van der Waals surface area (Å²) in [6.45, 7) is 2.03. The van der Waals surface area contributed by atoms with Gasteiger partial charge in [0, 0.05) is 12.7 Å². The van der Waals surface area contributed by atoms with Crippen LogP contribution in [0.2, 0.25) is 0 Å². The predicted octanol–water partition coefficient (Wildman–Crippen LogP) is 1.65. The molecule has 0 aliphatic carbocycles. The molecule has 128 valence electrons. The number of ether oxygens (including phenoxy) is 1. The number of benzene rings is 1. The molecule has 7 nitrogen and oxygen atoms in total. The molecule has 0 aliphatic rings. The Bertz CT molecular complexity index is 1010. The Labute approximate surface area is 143 Å². The van der Waals surface area contributed by atoms with Crippen LogP contribution in [0.4, 0.5) is 0 Å². The molecule has 0 unspecified atom stereocenters. The van der Waals surface area contributed by atoms with Crippen molar-refractivity contribution in [3.8, 4) is 11.6 Å². The first kappa shape index (κ1) is 16.5. The SMILES string of the molecule is COc1cccc(CNC(=O)c2c(O)nc3cc(C)ccn3c2=O)c1. The molecule has 3 rings (SSSR count). The van der Waals surface area contributed by atoms with E-state index in [0.29, 0.717) is 5.75 Å². The van der Waals surface area contributed by atoms with Gasteiger partial charge in [-0.25, -0.2) is 0 Å². The fourth-order valence-corrected chi connectivity index (χ4v) is 2.48. The van der Waals surface area contributed by atoms with E-state index in [1.54, 1.807) is 37.4 Å². The van der Waals surface area contributed by atoms with Gasteiger partial charge in [-0.15, -0.1) is 0 Å². The van der Waals surface area contributed by atoms with Crippen LogP contribution in [-0.2, 0) is 6.54 Å². The lowest BCUT2D eigenvalue weighted by atomic mass is 10.2. The van der Waals surface area contributed by atoms with E-state index in [2.05, 4.69) is 10.3 Å². The molecule has 0 radical (unpaired) electrons. The Morgan fingerprint density at radius 2 is 2.12 bits per heavy atom. The molecule has 0 saturated heterocycles. The summed E-state index contributed by atoms with van der Waals surface area (Å²) in [5.41, 5.74) is 0.972. The fraction of sp³-hybridized carbons (Fsp3) is 0.167. The molecule has 2 heterocycles. The third kappa shape index (κ3) is 3.30. The van der Waals surface area contributed by atoms with Crippen LogP contribution in [0, 0.1) is 6.92 Å². The minimum Gasteiger partial charge on any atom is -0.497 e.